The minimum Gasteiger partial charge on any atom is -0.497 e. The van der Waals surface area contributed by atoms with E-state index in [9.17, 15) is 66.4 Å². The number of hydrogen-bond donors (Lipinski definition) is 0. The topological polar surface area (TPSA) is 275 Å². The molecule has 12 aromatic rings. The third kappa shape index (κ3) is 36.6. The highest BCUT2D eigenvalue weighted by molar-refractivity contribution is 8.15. The van der Waals surface area contributed by atoms with E-state index in [-0.39, 0.29) is 63.5 Å². The van der Waals surface area contributed by atoms with Crippen molar-refractivity contribution in [1.29, 1.82) is 0 Å². The molecule has 134 heavy (non-hydrogen) atoms. The number of aromatic nitrogens is 1. The van der Waals surface area contributed by atoms with Crippen molar-refractivity contribution in [3.63, 3.8) is 0 Å². The number of fused-ring (bicyclic) bond motifs is 2. The number of alkyl halides is 3. The predicted molar refractivity (Wildman–Crippen MR) is 553 cm³/mol. The van der Waals surface area contributed by atoms with Crippen molar-refractivity contribution in [2.24, 2.45) is 5.41 Å². The minimum atomic E-state index is -4.70. The molecule has 0 saturated carbocycles. The van der Waals surface area contributed by atoms with Gasteiger partial charge in [-0.2, -0.15) is 0 Å². The van der Waals surface area contributed by atoms with Crippen molar-refractivity contribution in [2.75, 3.05) is 116 Å². The lowest BCUT2D eigenvalue weighted by Gasteiger charge is -2.38. The smallest absolute Gasteiger partial charge is 0.497 e. The van der Waals surface area contributed by atoms with Crippen molar-refractivity contribution in [1.82, 2.24) is 9.88 Å². The normalized spacial score (nSPS) is 12.5. The summed E-state index contributed by atoms with van der Waals surface area (Å²) in [6, 6.07) is 74.4. The van der Waals surface area contributed by atoms with E-state index in [0.29, 0.717) is 45.9 Å². The Hall–Kier alpha value is -10.5. The third-order valence-corrected chi connectivity index (χ3v) is 26.4. The zero-order chi connectivity index (χ0) is 98.5. The van der Waals surface area contributed by atoms with Crippen molar-refractivity contribution in [3.8, 4) is 39.3 Å². The van der Waals surface area contributed by atoms with Gasteiger partial charge in [-0.1, -0.05) is 253 Å². The van der Waals surface area contributed by atoms with Gasteiger partial charge in [-0.3, -0.25) is 58.2 Å². The fraction of sp³-hybridized carbons (Fsp3) is 0.260. The molecule has 0 amide bonds. The van der Waals surface area contributed by atoms with Crippen molar-refractivity contribution >= 4 is 185 Å². The van der Waals surface area contributed by atoms with E-state index in [1.807, 2.05) is 159 Å². The van der Waals surface area contributed by atoms with Gasteiger partial charge >= 0.3 is 6.36 Å². The minimum absolute atomic E-state index is 0.00204. The van der Waals surface area contributed by atoms with Crippen LogP contribution in [0.3, 0.4) is 0 Å². The van der Waals surface area contributed by atoms with Gasteiger partial charge in [-0.25, -0.2) is 4.98 Å². The summed E-state index contributed by atoms with van der Waals surface area (Å²) in [4.78, 5) is 122. The van der Waals surface area contributed by atoms with Gasteiger partial charge in [0.15, 0.2) is 17.3 Å². The van der Waals surface area contributed by atoms with Gasteiger partial charge in [0.25, 0.3) is 10.8 Å². The van der Waals surface area contributed by atoms with Crippen LogP contribution in [0, 0.1) is 22.5 Å². The summed E-state index contributed by atoms with van der Waals surface area (Å²) in [6.45, 7) is 10.1. The second kappa shape index (κ2) is 58.7. The number of carbonyl (C=O) groups is 9. The first-order valence-electron chi connectivity index (χ1n) is 40.8. The summed E-state index contributed by atoms with van der Waals surface area (Å²) in [7, 11) is 6.43. The van der Waals surface area contributed by atoms with Crippen LogP contribution in [0.15, 0.2) is 259 Å². The molecule has 10 aromatic carbocycles. The molecule has 1 saturated heterocycles. The highest BCUT2D eigenvalue weighted by atomic mass is 32.2. The van der Waals surface area contributed by atoms with Gasteiger partial charge in [-0.05, 0) is 212 Å². The largest absolute Gasteiger partial charge is 0.573 e. The number of nitrogens with zero attached hydrogens (tertiary/aromatic N) is 4. The molecular weight excluding hydrogens is 1910 g/mol. The first-order valence-corrected chi connectivity index (χ1v) is 52.6. The van der Waals surface area contributed by atoms with Gasteiger partial charge < -0.3 is 33.0 Å². The van der Waals surface area contributed by atoms with Crippen LogP contribution in [0.25, 0.3) is 21.3 Å². The molecule has 21 nitrogen and oxygen atoms in total. The molecular formula is C100H105F3N4O17S10. The molecule has 1 fully saturated rings. The highest BCUT2D eigenvalue weighted by Crippen LogP contribution is 2.42. The quantitative estimate of drug-likeness (QED) is 0.0537. The number of nitro benzene ring substituents is 1. The molecule has 0 N–H and O–H groups in total. The van der Waals surface area contributed by atoms with Crippen molar-refractivity contribution in [2.45, 2.75) is 52.4 Å². The molecule has 0 bridgehead atoms. The number of piperidine rings is 1. The predicted octanol–water partition coefficient (Wildman–Crippen LogP) is 25.7. The number of furan rings is 1. The SMILES string of the molecule is COc1cc(OC)cc(C(=O)SC)c1.COc1cc2c(cc1OC)C(c1ccccc1)N(CC(=O)SC)CC2.CSC(=O)c1ccc(N2CCC(C)(C)CC2)cc1.CSC(=O)c1ccc(OC(F)(F)F)cc1.CSC(=O)c1cccc([N+](=O)[O-])c1.CSC(=O)c1cccc2ccccc12.CSC(=O)c1ccccc1.CSC(=O)c1ccco1.CSC(=O)c1sc(-c2ccccc2)nc1C. The van der Waals surface area contributed by atoms with Crippen LogP contribution < -0.4 is 28.6 Å². The van der Waals surface area contributed by atoms with Crippen LogP contribution in [0.2, 0.25) is 0 Å². The van der Waals surface area contributed by atoms with E-state index in [1.54, 1.807) is 102 Å². The van der Waals surface area contributed by atoms with Gasteiger partial charge in [0.1, 0.15) is 27.1 Å². The number of hydrogen-bond acceptors (Lipinski definition) is 30. The van der Waals surface area contributed by atoms with E-state index in [4.69, 9.17) is 23.4 Å². The Kier molecular flexibility index (Phi) is 49.2. The van der Waals surface area contributed by atoms with Crippen LogP contribution in [0.4, 0.5) is 24.5 Å². The van der Waals surface area contributed by atoms with Crippen LogP contribution in [-0.4, -0.2) is 178 Å². The summed E-state index contributed by atoms with van der Waals surface area (Å²) in [6.07, 6.45) is 15.9. The van der Waals surface area contributed by atoms with Gasteiger partial charge in [0.05, 0.1) is 57.9 Å². The molecule has 2 aliphatic rings. The number of ether oxygens (including phenoxy) is 5. The second-order valence-electron chi connectivity index (χ2n) is 28.8. The van der Waals surface area contributed by atoms with E-state index >= 15 is 0 Å². The Bertz CT molecular complexity index is 5770. The van der Waals surface area contributed by atoms with Crippen LogP contribution in [0.1, 0.15) is 137 Å². The summed E-state index contributed by atoms with van der Waals surface area (Å²) < 4.78 is 64.9. The average molecular weight is 2010 g/mol. The molecule has 1 atom stereocenters. The molecule has 14 rings (SSSR count). The molecule has 2 aromatic heterocycles. The lowest BCUT2D eigenvalue weighted by atomic mass is 9.82. The first-order chi connectivity index (χ1) is 64.2. The van der Waals surface area contributed by atoms with Crippen LogP contribution in [0.5, 0.6) is 28.7 Å². The molecule has 2 aliphatic heterocycles. The molecule has 1 unspecified atom stereocenters. The number of nitro groups is 1. The zero-order valence-electron chi connectivity index (χ0n) is 76.7. The lowest BCUT2D eigenvalue weighted by molar-refractivity contribution is -0.384. The third-order valence-electron chi connectivity index (χ3n) is 19.7. The maximum Gasteiger partial charge on any atom is 0.573 e. The summed E-state index contributed by atoms with van der Waals surface area (Å²) in [5.74, 6) is 2.81. The standard InChI is InChI=1S/C20H23NO3S.C15H21NOS.C12H11NOS2.C12H10OS.C10H12O3S.C9H7F3O2S.C8H7NO3S.C8H8OS.C6H6O2S/c1-23-17-11-15-9-10-21(13-19(22)25-3)20(14-7-5-4-6-8-14)16(15)12-18(17)24-2;1-15(2)8-10-16(11-9-15)13-6-4-12(5-7-13)14(17)18-3;1-8-10(12(14)15-2)16-11(13-8)9-6-4-3-5-7-9;1-14-12(13)11-8-4-6-9-5-2-3-7-10(9)11;1-12-8-4-7(10(11)14-3)5-9(6-8)13-2;1-15-8(13)6-2-4-7(5-3-6)14-9(10,11)12;1-13-8(10)6-3-2-4-7(5-6)9(11)12;1-10-8(9)7-5-3-2-4-6-7;1-9-6(7)5-3-2-4-8-5/h4-8,11-12,20H,9-10,13H2,1-3H3;4-7H,8-11H2,1-3H3;3-7H,1-2H3;2-8H,1H3;4-6H,1-3H3;2-5H,1H3;2-5H,1H3;2-6H,1H3;2-4H,1H3. The van der Waals surface area contributed by atoms with Gasteiger partial charge in [0.2, 0.25) is 40.9 Å². The Morgan fingerprint density at radius 2 is 0.963 bits per heavy atom. The number of thioether (sulfide) groups is 9. The number of non-ortho nitro benzene ring substituents is 1. The Morgan fingerprint density at radius 1 is 0.485 bits per heavy atom. The van der Waals surface area contributed by atoms with E-state index in [1.165, 1.54) is 154 Å². The lowest BCUT2D eigenvalue weighted by Crippen LogP contribution is -2.39. The van der Waals surface area contributed by atoms with Crippen LogP contribution >= 0.6 is 117 Å². The Morgan fingerprint density at radius 3 is 1.47 bits per heavy atom. The number of rotatable bonds is 19. The number of carbonyl (C=O) groups excluding carboxylic acids is 9. The Labute approximate surface area is 822 Å². The number of anilines is 1. The van der Waals surface area contributed by atoms with Crippen LogP contribution in [-0.2, 0) is 11.2 Å². The van der Waals surface area contributed by atoms with E-state index < -0.39 is 11.3 Å². The molecule has 4 heterocycles. The fourth-order valence-electron chi connectivity index (χ4n) is 12.6. The van der Waals surface area contributed by atoms with E-state index in [0.717, 1.165) is 134 Å². The Balaban J connectivity index is 0.000000235. The molecule has 34 heteroatoms. The van der Waals surface area contributed by atoms with Crippen molar-refractivity contribution < 1.29 is 89.3 Å². The molecule has 708 valence electrons. The summed E-state index contributed by atoms with van der Waals surface area (Å²) >= 11 is 12.1. The number of benzene rings is 10. The van der Waals surface area contributed by atoms with Gasteiger partial charge in [-0.15, -0.1) is 24.5 Å². The van der Waals surface area contributed by atoms with Crippen molar-refractivity contribution in [3.05, 3.63) is 332 Å². The summed E-state index contributed by atoms with van der Waals surface area (Å²) in [5, 5.41) is 13.7. The second-order valence-corrected chi connectivity index (χ2v) is 36.9. The average Bonchev–Trinajstić information content (AvgIpc) is 0.945. The molecule has 0 radical (unpaired) electrons. The van der Waals surface area contributed by atoms with E-state index in [2.05, 4.69) is 69.8 Å². The maximum absolute atomic E-state index is 12.1. The maximum atomic E-state index is 12.1. The molecule has 0 aliphatic carbocycles. The zero-order valence-corrected chi connectivity index (χ0v) is 84.9. The summed E-state index contributed by atoms with van der Waals surface area (Å²) in [5.41, 5.74) is 10.8. The number of thiazole rings is 1. The monoisotopic (exact) mass is 2010 g/mol. The highest BCUT2D eigenvalue weighted by Gasteiger charge is 2.33. The van der Waals surface area contributed by atoms with Gasteiger partial charge in [0, 0.05) is 82.5 Å². The first kappa shape index (κ1) is 112. The fourth-order valence-corrected chi connectivity index (χ4v) is 17.1. The number of aryl methyl sites for hydroxylation is 1. The number of methoxy groups -OCH3 is 4. The molecule has 0 spiro atoms. The number of halogens is 3.